The van der Waals surface area contributed by atoms with E-state index in [2.05, 4.69) is 28.2 Å². The normalized spacial score (nSPS) is 10.3. The fourth-order valence-corrected chi connectivity index (χ4v) is 2.63. The van der Waals surface area contributed by atoms with Crippen LogP contribution in [0.4, 0.5) is 5.69 Å². The molecule has 0 saturated heterocycles. The summed E-state index contributed by atoms with van der Waals surface area (Å²) in [7, 11) is 0. The van der Waals surface area contributed by atoms with Crippen LogP contribution in [0.2, 0.25) is 5.02 Å². The van der Waals surface area contributed by atoms with Gasteiger partial charge in [0.25, 0.3) is 0 Å². The Morgan fingerprint density at radius 1 is 1.20 bits per heavy atom. The first kappa shape index (κ1) is 15.2. The second-order valence-corrected chi connectivity index (χ2v) is 5.72. The van der Waals surface area contributed by atoms with Gasteiger partial charge in [0.2, 0.25) is 0 Å². The molecule has 0 aliphatic rings. The Hall–Kier alpha value is -1.19. The highest BCUT2D eigenvalue weighted by Gasteiger charge is 2.04. The number of anilines is 1. The monoisotopic (exact) mass is 353 g/mol. The van der Waals surface area contributed by atoms with Gasteiger partial charge in [0, 0.05) is 16.0 Å². The molecular weight excluding hydrogens is 338 g/mol. The Bertz CT molecular complexity index is 574. The highest BCUT2D eigenvalue weighted by atomic mass is 79.9. The quantitative estimate of drug-likeness (QED) is 0.739. The molecule has 0 spiro atoms. The van der Waals surface area contributed by atoms with Crippen LogP contribution >= 0.6 is 27.5 Å². The first-order valence-corrected chi connectivity index (χ1v) is 7.77. The minimum atomic E-state index is 0.713. The molecule has 4 heteroatoms. The lowest BCUT2D eigenvalue weighted by Gasteiger charge is -2.13. The average molecular weight is 355 g/mol. The van der Waals surface area contributed by atoms with Gasteiger partial charge >= 0.3 is 0 Å². The lowest BCUT2D eigenvalue weighted by atomic mass is 10.2. The maximum Gasteiger partial charge on any atom is 0.142 e. The van der Waals surface area contributed by atoms with Gasteiger partial charge in [-0.3, -0.25) is 0 Å². The van der Waals surface area contributed by atoms with Crippen molar-refractivity contribution in [3.63, 3.8) is 0 Å². The molecule has 2 aromatic carbocycles. The van der Waals surface area contributed by atoms with E-state index >= 15 is 0 Å². The second kappa shape index (κ2) is 7.55. The third-order valence-corrected chi connectivity index (χ3v) is 3.81. The van der Waals surface area contributed by atoms with E-state index in [1.807, 2.05) is 42.5 Å². The molecule has 0 unspecified atom stereocenters. The van der Waals surface area contributed by atoms with Gasteiger partial charge in [-0.15, -0.1) is 0 Å². The third kappa shape index (κ3) is 4.15. The molecule has 1 N–H and O–H groups in total. The first-order valence-electron chi connectivity index (χ1n) is 6.60. The molecule has 0 aliphatic heterocycles. The highest BCUT2D eigenvalue weighted by molar-refractivity contribution is 9.10. The van der Waals surface area contributed by atoms with Crippen molar-refractivity contribution in [3.8, 4) is 5.75 Å². The van der Waals surface area contributed by atoms with Crippen molar-refractivity contribution in [1.82, 2.24) is 0 Å². The van der Waals surface area contributed by atoms with Crippen LogP contribution in [-0.2, 0) is 6.54 Å². The Labute approximate surface area is 133 Å². The zero-order chi connectivity index (χ0) is 14.4. The summed E-state index contributed by atoms with van der Waals surface area (Å²) >= 11 is 9.47. The second-order valence-electron chi connectivity index (χ2n) is 4.43. The molecule has 20 heavy (non-hydrogen) atoms. The average Bonchev–Trinajstić information content (AvgIpc) is 2.45. The van der Waals surface area contributed by atoms with Gasteiger partial charge in [-0.1, -0.05) is 52.7 Å². The molecule has 2 rings (SSSR count). The van der Waals surface area contributed by atoms with Gasteiger partial charge in [-0.2, -0.15) is 0 Å². The fraction of sp³-hybridized carbons (Fsp3) is 0.250. The lowest BCUT2D eigenvalue weighted by Crippen LogP contribution is -2.03. The molecule has 0 heterocycles. The van der Waals surface area contributed by atoms with Gasteiger partial charge in [0.1, 0.15) is 5.75 Å². The summed E-state index contributed by atoms with van der Waals surface area (Å²) in [6.07, 6.45) is 0.997. The number of hydrogen-bond donors (Lipinski definition) is 1. The van der Waals surface area contributed by atoms with Gasteiger partial charge in [0.15, 0.2) is 0 Å². The van der Waals surface area contributed by atoms with Crippen molar-refractivity contribution >= 4 is 33.2 Å². The first-order chi connectivity index (χ1) is 9.70. The largest absolute Gasteiger partial charge is 0.491 e. The summed E-state index contributed by atoms with van der Waals surface area (Å²) in [4.78, 5) is 0. The third-order valence-electron chi connectivity index (χ3n) is 2.83. The van der Waals surface area contributed by atoms with Crippen molar-refractivity contribution in [3.05, 3.63) is 57.5 Å². The number of nitrogens with one attached hydrogen (secondary N) is 1. The van der Waals surface area contributed by atoms with Crippen LogP contribution in [0.1, 0.15) is 18.9 Å². The number of hydrogen-bond acceptors (Lipinski definition) is 2. The van der Waals surface area contributed by atoms with Crippen molar-refractivity contribution in [2.24, 2.45) is 0 Å². The van der Waals surface area contributed by atoms with Crippen LogP contribution in [0.25, 0.3) is 0 Å². The number of benzene rings is 2. The van der Waals surface area contributed by atoms with Crippen molar-refractivity contribution in [1.29, 1.82) is 0 Å². The summed E-state index contributed by atoms with van der Waals surface area (Å²) in [5.41, 5.74) is 2.16. The predicted octanol–water partition coefficient (Wildman–Crippen LogP) is 5.50. The summed E-state index contributed by atoms with van der Waals surface area (Å²) in [5.74, 6) is 0.888. The van der Waals surface area contributed by atoms with Gasteiger partial charge in [-0.25, -0.2) is 0 Å². The molecule has 0 saturated carbocycles. The Morgan fingerprint density at radius 3 is 2.75 bits per heavy atom. The van der Waals surface area contributed by atoms with Gasteiger partial charge < -0.3 is 10.1 Å². The Kier molecular flexibility index (Phi) is 5.74. The Balaban J connectivity index is 2.06. The maximum atomic E-state index is 5.95. The standard InChI is InChI=1S/C16H17BrClNO/c1-2-9-20-16-6-4-3-5-15(16)19-11-12-7-8-13(18)10-14(12)17/h3-8,10,19H,2,9,11H2,1H3. The van der Waals surface area contributed by atoms with Gasteiger partial charge in [0.05, 0.1) is 12.3 Å². The van der Waals surface area contributed by atoms with E-state index in [0.29, 0.717) is 6.54 Å². The van der Waals surface area contributed by atoms with E-state index in [1.54, 1.807) is 0 Å². The van der Waals surface area contributed by atoms with E-state index in [9.17, 15) is 0 Å². The summed E-state index contributed by atoms with van der Waals surface area (Å²) < 4.78 is 6.73. The van der Waals surface area contributed by atoms with Crippen LogP contribution < -0.4 is 10.1 Å². The van der Waals surface area contributed by atoms with Gasteiger partial charge in [-0.05, 0) is 36.2 Å². The summed E-state index contributed by atoms with van der Waals surface area (Å²) in [6.45, 7) is 3.54. The molecule has 0 atom stereocenters. The zero-order valence-corrected chi connectivity index (χ0v) is 13.7. The molecule has 0 radical (unpaired) electrons. The fourth-order valence-electron chi connectivity index (χ4n) is 1.81. The maximum absolute atomic E-state index is 5.95. The SMILES string of the molecule is CCCOc1ccccc1NCc1ccc(Cl)cc1Br. The van der Waals surface area contributed by atoms with Crippen LogP contribution in [0.5, 0.6) is 5.75 Å². The molecule has 0 aromatic heterocycles. The number of rotatable bonds is 6. The van der Waals surface area contributed by atoms with Crippen LogP contribution in [0, 0.1) is 0 Å². The van der Waals surface area contributed by atoms with E-state index in [1.165, 1.54) is 0 Å². The molecule has 106 valence electrons. The van der Waals surface area contributed by atoms with E-state index in [-0.39, 0.29) is 0 Å². The number of halogens is 2. The lowest BCUT2D eigenvalue weighted by molar-refractivity contribution is 0.319. The van der Waals surface area contributed by atoms with Crippen LogP contribution in [-0.4, -0.2) is 6.61 Å². The van der Waals surface area contributed by atoms with E-state index in [4.69, 9.17) is 16.3 Å². The van der Waals surface area contributed by atoms with Crippen LogP contribution in [0.15, 0.2) is 46.9 Å². The smallest absolute Gasteiger partial charge is 0.142 e. The molecule has 2 aromatic rings. The topological polar surface area (TPSA) is 21.3 Å². The summed E-state index contributed by atoms with van der Waals surface area (Å²) in [6, 6.07) is 13.8. The highest BCUT2D eigenvalue weighted by Crippen LogP contribution is 2.26. The minimum Gasteiger partial charge on any atom is -0.491 e. The summed E-state index contributed by atoms with van der Waals surface area (Å²) in [5, 5.41) is 4.13. The molecule has 0 fully saturated rings. The van der Waals surface area contributed by atoms with E-state index in [0.717, 1.165) is 39.5 Å². The molecular formula is C16H17BrClNO. The molecule has 0 aliphatic carbocycles. The van der Waals surface area contributed by atoms with E-state index < -0.39 is 0 Å². The predicted molar refractivity (Wildman–Crippen MR) is 88.7 cm³/mol. The number of para-hydroxylation sites is 2. The molecule has 0 amide bonds. The van der Waals surface area contributed by atoms with Crippen molar-refractivity contribution in [2.75, 3.05) is 11.9 Å². The molecule has 0 bridgehead atoms. The van der Waals surface area contributed by atoms with Crippen LogP contribution in [0.3, 0.4) is 0 Å². The van der Waals surface area contributed by atoms with Crippen molar-refractivity contribution in [2.45, 2.75) is 19.9 Å². The minimum absolute atomic E-state index is 0.713. The van der Waals surface area contributed by atoms with Crippen molar-refractivity contribution < 1.29 is 4.74 Å². The molecule has 2 nitrogen and oxygen atoms in total. The Morgan fingerprint density at radius 2 is 2.00 bits per heavy atom. The number of ether oxygens (including phenoxy) is 1. The zero-order valence-electron chi connectivity index (χ0n) is 11.3.